The van der Waals surface area contributed by atoms with Crippen molar-refractivity contribution in [2.24, 2.45) is 0 Å². The monoisotopic (exact) mass is 606 g/mol. The van der Waals surface area contributed by atoms with Crippen molar-refractivity contribution in [2.75, 3.05) is 26.2 Å². The lowest BCUT2D eigenvalue weighted by molar-refractivity contribution is 0.0167. The molecular formula is C30H34F2N7O3Si+. The van der Waals surface area contributed by atoms with E-state index in [0.29, 0.717) is 32.5 Å². The summed E-state index contributed by atoms with van der Waals surface area (Å²) in [5.41, 5.74) is 2.42. The zero-order valence-electron chi connectivity index (χ0n) is 24.2. The molecule has 0 bridgehead atoms. The van der Waals surface area contributed by atoms with Gasteiger partial charge in [0.2, 0.25) is 0 Å². The van der Waals surface area contributed by atoms with Crippen LogP contribution in [0.5, 0.6) is 5.75 Å². The maximum Gasteiger partial charge on any atom is 0.310 e. The molecule has 0 spiro atoms. The number of piperidine rings is 1. The molecule has 1 saturated heterocycles. The second-order valence-electron chi connectivity index (χ2n) is 11.0. The predicted octanol–water partition coefficient (Wildman–Crippen LogP) is 4.92. The number of nitrogens with zero attached hydrogens (tertiary/aromatic N) is 7. The lowest BCUT2D eigenvalue weighted by Crippen LogP contribution is -2.48. The molecule has 4 aromatic rings. The number of benzene rings is 1. The fourth-order valence-corrected chi connectivity index (χ4v) is 5.77. The Kier molecular flexibility index (Phi) is 9.91. The standard InChI is InChI=1S/C30H34F2N7O3Si/c1-43(2)10-9-41-20-38-8-4-26-29(34-19-35-30(26)38)22-14-36-39(15-22)24(3-6-33)16-37-7-5-28(27(32)17-37)42-25-12-21(18-40)11-23(31)13-25/h4,8,11-15,18-19,24,27-28H,3,5,7,9-10,16-17,20H2,1-2H3/q+1. The fourth-order valence-electron chi connectivity index (χ4n) is 5.22. The molecule has 0 aliphatic carbocycles. The van der Waals surface area contributed by atoms with E-state index in [4.69, 9.17) is 9.47 Å². The summed E-state index contributed by atoms with van der Waals surface area (Å²) >= 11 is 0. The molecule has 13 heteroatoms. The Morgan fingerprint density at radius 3 is 2.91 bits per heavy atom. The van der Waals surface area contributed by atoms with Gasteiger partial charge in [-0.05, 0) is 24.6 Å². The molecule has 43 heavy (non-hydrogen) atoms. The number of aldehydes is 1. The Morgan fingerprint density at radius 2 is 2.14 bits per heavy atom. The summed E-state index contributed by atoms with van der Waals surface area (Å²) in [7, 11) is -0.336. The van der Waals surface area contributed by atoms with Crippen LogP contribution in [0, 0.1) is 17.1 Å². The molecule has 10 nitrogen and oxygen atoms in total. The van der Waals surface area contributed by atoms with Gasteiger partial charge in [-0.25, -0.2) is 18.7 Å². The van der Waals surface area contributed by atoms with Crippen molar-refractivity contribution < 1.29 is 23.0 Å². The SMILES string of the molecule is C[Si+](C)CCOCn1ccc2c(-c3cnn(C(CC#N)CN4CCC(Oc5cc(F)cc(C=O)c5)C(F)C4)c3)ncnc21. The molecule has 1 aliphatic rings. The van der Waals surface area contributed by atoms with Crippen molar-refractivity contribution >= 4 is 26.1 Å². The van der Waals surface area contributed by atoms with Gasteiger partial charge in [0.15, 0.2) is 0 Å². The summed E-state index contributed by atoms with van der Waals surface area (Å²) in [6.45, 7) is 6.70. The van der Waals surface area contributed by atoms with Crippen molar-refractivity contribution in [1.82, 2.24) is 29.2 Å². The third-order valence-corrected chi connectivity index (χ3v) is 8.66. The van der Waals surface area contributed by atoms with E-state index in [0.717, 1.165) is 47.1 Å². The number of nitriles is 1. The molecule has 0 N–H and O–H groups in total. The van der Waals surface area contributed by atoms with Crippen molar-refractivity contribution in [3.05, 3.63) is 60.6 Å². The Labute approximate surface area is 250 Å². The number of aromatic nitrogens is 5. The van der Waals surface area contributed by atoms with Crippen LogP contribution in [0.25, 0.3) is 22.3 Å². The van der Waals surface area contributed by atoms with Gasteiger partial charge in [-0.1, -0.05) is 0 Å². The van der Waals surface area contributed by atoms with Crippen LogP contribution in [0.1, 0.15) is 29.2 Å². The van der Waals surface area contributed by atoms with Gasteiger partial charge in [0.05, 0.1) is 56.2 Å². The number of carbonyl (C=O) groups excluding carboxylic acids is 1. The minimum atomic E-state index is -1.33. The maximum atomic E-state index is 15.2. The van der Waals surface area contributed by atoms with Crippen LogP contribution in [0.3, 0.4) is 0 Å². The Hall–Kier alpha value is -3.99. The summed E-state index contributed by atoms with van der Waals surface area (Å²) < 4.78 is 44.2. The average molecular weight is 607 g/mol. The number of hydrogen-bond acceptors (Lipinski definition) is 8. The van der Waals surface area contributed by atoms with E-state index < -0.39 is 18.1 Å². The van der Waals surface area contributed by atoms with Gasteiger partial charge in [-0.15, -0.1) is 0 Å². The lowest BCUT2D eigenvalue weighted by Gasteiger charge is -2.36. The molecule has 5 rings (SSSR count). The third kappa shape index (κ3) is 7.51. The number of fused-ring (bicyclic) bond motifs is 1. The van der Waals surface area contributed by atoms with Crippen LogP contribution in [0.4, 0.5) is 8.78 Å². The molecule has 1 fully saturated rings. The van der Waals surface area contributed by atoms with Gasteiger partial charge in [-0.2, -0.15) is 10.4 Å². The number of rotatable bonds is 13. The highest BCUT2D eigenvalue weighted by Crippen LogP contribution is 2.28. The van der Waals surface area contributed by atoms with E-state index in [-0.39, 0.29) is 39.1 Å². The molecule has 1 aliphatic heterocycles. The van der Waals surface area contributed by atoms with Crippen LogP contribution in [0.2, 0.25) is 19.1 Å². The summed E-state index contributed by atoms with van der Waals surface area (Å²) in [4.78, 5) is 22.0. The predicted molar refractivity (Wildman–Crippen MR) is 158 cm³/mol. The number of carbonyl (C=O) groups is 1. The van der Waals surface area contributed by atoms with Gasteiger partial charge < -0.3 is 14.0 Å². The average Bonchev–Trinajstić information content (AvgIpc) is 3.64. The first-order valence-electron chi connectivity index (χ1n) is 14.2. The van der Waals surface area contributed by atoms with E-state index in [1.54, 1.807) is 10.9 Å². The van der Waals surface area contributed by atoms with Crippen molar-refractivity contribution in [2.45, 2.75) is 57.0 Å². The molecule has 0 saturated carbocycles. The second kappa shape index (κ2) is 14.0. The highest BCUT2D eigenvalue weighted by Gasteiger charge is 2.32. The largest absolute Gasteiger partial charge is 0.487 e. The van der Waals surface area contributed by atoms with Gasteiger partial charge in [0.1, 0.15) is 48.8 Å². The maximum absolute atomic E-state index is 15.2. The number of alkyl halides is 1. The zero-order chi connectivity index (χ0) is 30.3. The highest BCUT2D eigenvalue weighted by molar-refractivity contribution is 6.55. The van der Waals surface area contributed by atoms with E-state index >= 15 is 4.39 Å². The molecule has 0 radical (unpaired) electrons. The number of likely N-dealkylation sites (tertiary alicyclic amines) is 1. The number of hydrogen-bond donors (Lipinski definition) is 0. The zero-order valence-corrected chi connectivity index (χ0v) is 25.2. The lowest BCUT2D eigenvalue weighted by atomic mass is 10.0. The molecule has 224 valence electrons. The van der Waals surface area contributed by atoms with Gasteiger partial charge in [0.25, 0.3) is 0 Å². The molecule has 4 heterocycles. The van der Waals surface area contributed by atoms with E-state index in [1.165, 1.54) is 12.4 Å². The molecule has 3 atom stereocenters. The first-order chi connectivity index (χ1) is 20.8. The number of ether oxygens (including phenoxy) is 2. The summed E-state index contributed by atoms with van der Waals surface area (Å²) in [6, 6.07) is 8.61. The molecule has 3 unspecified atom stereocenters. The number of halogens is 2. The summed E-state index contributed by atoms with van der Waals surface area (Å²) in [5.74, 6) is -0.485. The minimum Gasteiger partial charge on any atom is -0.487 e. The van der Waals surface area contributed by atoms with Crippen LogP contribution in [0.15, 0.2) is 49.2 Å². The molecule has 0 amide bonds. The first-order valence-corrected chi connectivity index (χ1v) is 16.9. The Bertz CT molecular complexity index is 1590. The Morgan fingerprint density at radius 1 is 1.28 bits per heavy atom. The quantitative estimate of drug-likeness (QED) is 0.120. The summed E-state index contributed by atoms with van der Waals surface area (Å²) in [5, 5.41) is 15.0. The van der Waals surface area contributed by atoms with E-state index in [9.17, 15) is 14.4 Å². The first kappa shape index (κ1) is 30.5. The molecule has 1 aromatic carbocycles. The Balaban J connectivity index is 1.24. The topological polar surface area (TPSA) is 111 Å². The van der Waals surface area contributed by atoms with Crippen molar-refractivity contribution in [1.29, 1.82) is 5.26 Å². The van der Waals surface area contributed by atoms with Crippen molar-refractivity contribution in [3.63, 3.8) is 0 Å². The van der Waals surface area contributed by atoms with Crippen LogP contribution in [-0.2, 0) is 11.5 Å². The van der Waals surface area contributed by atoms with Crippen LogP contribution in [-0.4, -0.2) is 82.8 Å². The van der Waals surface area contributed by atoms with E-state index in [2.05, 4.69) is 34.2 Å². The van der Waals surface area contributed by atoms with Crippen molar-refractivity contribution in [3.8, 4) is 23.1 Å². The van der Waals surface area contributed by atoms with Gasteiger partial charge in [0, 0.05) is 54.6 Å². The fraction of sp³-hybridized carbons (Fsp3) is 0.433. The third-order valence-electron chi connectivity index (χ3n) is 7.46. The van der Waals surface area contributed by atoms with Gasteiger partial charge >= 0.3 is 8.80 Å². The van der Waals surface area contributed by atoms with Crippen LogP contribution >= 0.6 is 0 Å². The van der Waals surface area contributed by atoms with Gasteiger partial charge in [-0.3, -0.25) is 14.4 Å². The smallest absolute Gasteiger partial charge is 0.310 e. The second-order valence-corrected chi connectivity index (χ2v) is 13.9. The van der Waals surface area contributed by atoms with E-state index in [1.807, 2.05) is 27.9 Å². The van der Waals surface area contributed by atoms with Crippen LogP contribution < -0.4 is 4.74 Å². The molecular weight excluding hydrogens is 572 g/mol. The molecule has 3 aromatic heterocycles. The normalized spacial score (nSPS) is 17.9. The minimum absolute atomic E-state index is 0.0947. The summed E-state index contributed by atoms with van der Waals surface area (Å²) in [6.07, 6.45) is 6.03. The highest BCUT2D eigenvalue weighted by atomic mass is 28.3.